The van der Waals surface area contributed by atoms with E-state index >= 15 is 0 Å². The van der Waals surface area contributed by atoms with E-state index in [0.717, 1.165) is 29.7 Å². The number of carbonyl (C=O) groups is 1. The number of amides is 1. The summed E-state index contributed by atoms with van der Waals surface area (Å²) in [6.45, 7) is 3.80. The molecule has 0 atom stereocenters. The molecule has 0 radical (unpaired) electrons. The third-order valence-electron chi connectivity index (χ3n) is 6.82. The van der Waals surface area contributed by atoms with Crippen LogP contribution in [0.2, 0.25) is 0 Å². The second-order valence-corrected chi connectivity index (χ2v) is 9.12. The van der Waals surface area contributed by atoms with E-state index in [-0.39, 0.29) is 11.5 Å². The van der Waals surface area contributed by atoms with Gasteiger partial charge in [0.2, 0.25) is 5.91 Å². The molecule has 5 heteroatoms. The lowest BCUT2D eigenvalue weighted by atomic mass is 9.87. The predicted molar refractivity (Wildman–Crippen MR) is 143 cm³/mol. The average Bonchev–Trinajstić information content (AvgIpc) is 2.93. The third-order valence-corrected chi connectivity index (χ3v) is 6.82. The SMILES string of the molecule is CCOc1ccc(/C=C/C(=O)N2CCC3(C=Cc4cc(-c5ccccc5)ccc4O3)CC2)cc1OC. The van der Waals surface area contributed by atoms with Crippen LogP contribution in [-0.4, -0.2) is 43.2 Å². The fraction of sp³-hybridized carbons (Fsp3) is 0.258. The van der Waals surface area contributed by atoms with Crippen LogP contribution in [0.4, 0.5) is 0 Å². The van der Waals surface area contributed by atoms with Gasteiger partial charge in [0, 0.05) is 37.6 Å². The van der Waals surface area contributed by atoms with Crippen LogP contribution in [0.1, 0.15) is 30.9 Å². The van der Waals surface area contributed by atoms with Gasteiger partial charge in [-0.15, -0.1) is 0 Å². The topological polar surface area (TPSA) is 48.0 Å². The molecule has 0 saturated carbocycles. The summed E-state index contributed by atoms with van der Waals surface area (Å²) >= 11 is 0. The number of piperidine rings is 1. The Kier molecular flexibility index (Phi) is 6.81. The zero-order chi connectivity index (χ0) is 25.0. The van der Waals surface area contributed by atoms with Crippen LogP contribution >= 0.6 is 0 Å². The summed E-state index contributed by atoms with van der Waals surface area (Å²) in [6.07, 6.45) is 9.32. The standard InChI is InChI=1S/C31H31NO4/c1-3-35-28-12-9-23(21-29(28)34-2)10-14-30(33)32-19-17-31(18-20-32)16-15-26-22-25(11-13-27(26)36-31)24-7-5-4-6-8-24/h4-16,21-22H,3,17-20H2,1-2H3/b14-10+. The lowest BCUT2D eigenvalue weighted by molar-refractivity contribution is -0.128. The predicted octanol–water partition coefficient (Wildman–Crippen LogP) is 6.24. The molecule has 5 rings (SSSR count). The molecular weight excluding hydrogens is 450 g/mol. The summed E-state index contributed by atoms with van der Waals surface area (Å²) in [5, 5.41) is 0. The molecule has 3 aromatic carbocycles. The molecule has 5 nitrogen and oxygen atoms in total. The van der Waals surface area contributed by atoms with Crippen LogP contribution in [0.5, 0.6) is 17.2 Å². The fourth-order valence-electron chi connectivity index (χ4n) is 4.79. The highest BCUT2D eigenvalue weighted by atomic mass is 16.5. The molecule has 1 fully saturated rings. The highest BCUT2D eigenvalue weighted by molar-refractivity contribution is 5.92. The zero-order valence-corrected chi connectivity index (χ0v) is 20.8. The number of carbonyl (C=O) groups excluding carboxylic acids is 1. The van der Waals surface area contributed by atoms with Crippen LogP contribution in [0, 0.1) is 0 Å². The smallest absolute Gasteiger partial charge is 0.246 e. The number of ether oxygens (including phenoxy) is 3. The quantitative estimate of drug-likeness (QED) is 0.391. The van der Waals surface area contributed by atoms with Crippen molar-refractivity contribution in [1.82, 2.24) is 4.90 Å². The van der Waals surface area contributed by atoms with Gasteiger partial charge in [0.1, 0.15) is 11.4 Å². The molecule has 0 unspecified atom stereocenters. The molecule has 36 heavy (non-hydrogen) atoms. The number of methoxy groups -OCH3 is 1. The van der Waals surface area contributed by atoms with E-state index in [0.29, 0.717) is 31.2 Å². The van der Waals surface area contributed by atoms with Crippen LogP contribution in [0.15, 0.2) is 78.9 Å². The second-order valence-electron chi connectivity index (χ2n) is 9.12. The third kappa shape index (κ3) is 5.01. The molecule has 0 aliphatic carbocycles. The van der Waals surface area contributed by atoms with Crippen LogP contribution in [0.25, 0.3) is 23.3 Å². The van der Waals surface area contributed by atoms with Gasteiger partial charge in [-0.1, -0.05) is 48.5 Å². The normalized spacial score (nSPS) is 16.0. The Bertz CT molecular complexity index is 1290. The molecule has 1 spiro atoms. The van der Waals surface area contributed by atoms with Crippen LogP contribution in [-0.2, 0) is 4.79 Å². The molecule has 0 aromatic heterocycles. The van der Waals surface area contributed by atoms with E-state index in [1.807, 2.05) is 42.2 Å². The summed E-state index contributed by atoms with van der Waals surface area (Å²) in [6, 6.07) is 22.4. The molecule has 3 aromatic rings. The summed E-state index contributed by atoms with van der Waals surface area (Å²) in [4.78, 5) is 14.7. The van der Waals surface area contributed by atoms with Gasteiger partial charge in [0.15, 0.2) is 11.5 Å². The zero-order valence-electron chi connectivity index (χ0n) is 20.8. The van der Waals surface area contributed by atoms with Gasteiger partial charge in [-0.3, -0.25) is 4.79 Å². The Morgan fingerprint density at radius 2 is 1.81 bits per heavy atom. The van der Waals surface area contributed by atoms with Crippen molar-refractivity contribution >= 4 is 18.1 Å². The maximum absolute atomic E-state index is 12.9. The Balaban J connectivity index is 1.21. The van der Waals surface area contributed by atoms with Crippen molar-refractivity contribution in [3.63, 3.8) is 0 Å². The van der Waals surface area contributed by atoms with Gasteiger partial charge in [-0.2, -0.15) is 0 Å². The van der Waals surface area contributed by atoms with Gasteiger partial charge in [0.25, 0.3) is 0 Å². The van der Waals surface area contributed by atoms with E-state index in [9.17, 15) is 4.79 Å². The van der Waals surface area contributed by atoms with E-state index in [4.69, 9.17) is 14.2 Å². The van der Waals surface area contributed by atoms with Gasteiger partial charge < -0.3 is 19.1 Å². The monoisotopic (exact) mass is 481 g/mol. The largest absolute Gasteiger partial charge is 0.493 e. The second kappa shape index (κ2) is 10.3. The Morgan fingerprint density at radius 3 is 2.56 bits per heavy atom. The number of rotatable bonds is 6. The summed E-state index contributed by atoms with van der Waals surface area (Å²) < 4.78 is 17.5. The summed E-state index contributed by atoms with van der Waals surface area (Å²) in [5.74, 6) is 2.26. The van der Waals surface area contributed by atoms with E-state index < -0.39 is 0 Å². The van der Waals surface area contributed by atoms with Crippen molar-refractivity contribution < 1.29 is 19.0 Å². The Hall–Kier alpha value is -3.99. The van der Waals surface area contributed by atoms with E-state index in [1.165, 1.54) is 11.1 Å². The lowest BCUT2D eigenvalue weighted by Crippen LogP contribution is -2.49. The molecule has 0 N–H and O–H groups in total. The van der Waals surface area contributed by atoms with Gasteiger partial charge in [0.05, 0.1) is 13.7 Å². The first-order valence-electron chi connectivity index (χ1n) is 12.4. The number of fused-ring (bicyclic) bond motifs is 1. The minimum absolute atomic E-state index is 0.00499. The Morgan fingerprint density at radius 1 is 1.00 bits per heavy atom. The van der Waals surface area contributed by atoms with Crippen molar-refractivity contribution in [2.75, 3.05) is 26.8 Å². The van der Waals surface area contributed by atoms with Crippen LogP contribution in [0.3, 0.4) is 0 Å². The van der Waals surface area contributed by atoms with Crippen molar-refractivity contribution in [3.8, 4) is 28.4 Å². The first-order valence-corrected chi connectivity index (χ1v) is 12.4. The van der Waals surface area contributed by atoms with Gasteiger partial charge >= 0.3 is 0 Å². The number of benzene rings is 3. The molecule has 0 bridgehead atoms. The number of hydrogen-bond acceptors (Lipinski definition) is 4. The molecule has 1 saturated heterocycles. The maximum atomic E-state index is 12.9. The molecule has 2 aliphatic rings. The minimum Gasteiger partial charge on any atom is -0.493 e. The minimum atomic E-state index is -0.357. The highest BCUT2D eigenvalue weighted by Crippen LogP contribution is 2.39. The first kappa shape index (κ1) is 23.7. The summed E-state index contributed by atoms with van der Waals surface area (Å²) in [7, 11) is 1.61. The molecule has 184 valence electrons. The van der Waals surface area contributed by atoms with E-state index in [2.05, 4.69) is 54.6 Å². The first-order chi connectivity index (χ1) is 17.6. The Labute approximate surface area is 212 Å². The number of nitrogens with zero attached hydrogens (tertiary/aromatic N) is 1. The molecule has 2 heterocycles. The van der Waals surface area contributed by atoms with Crippen molar-refractivity contribution in [2.24, 2.45) is 0 Å². The molecule has 2 aliphatic heterocycles. The van der Waals surface area contributed by atoms with Gasteiger partial charge in [-0.25, -0.2) is 0 Å². The van der Waals surface area contributed by atoms with Crippen LogP contribution < -0.4 is 14.2 Å². The maximum Gasteiger partial charge on any atom is 0.246 e. The summed E-state index contributed by atoms with van der Waals surface area (Å²) in [5.41, 5.74) is 3.99. The van der Waals surface area contributed by atoms with Crippen molar-refractivity contribution in [3.05, 3.63) is 90.0 Å². The highest BCUT2D eigenvalue weighted by Gasteiger charge is 2.37. The lowest BCUT2D eigenvalue weighted by Gasteiger charge is -2.41. The molecule has 1 amide bonds. The number of likely N-dealkylation sites (tertiary alicyclic amines) is 1. The van der Waals surface area contributed by atoms with Crippen molar-refractivity contribution in [1.29, 1.82) is 0 Å². The average molecular weight is 482 g/mol. The number of hydrogen-bond donors (Lipinski definition) is 0. The van der Waals surface area contributed by atoms with Crippen molar-refractivity contribution in [2.45, 2.75) is 25.4 Å². The van der Waals surface area contributed by atoms with E-state index in [1.54, 1.807) is 13.2 Å². The van der Waals surface area contributed by atoms with Gasteiger partial charge in [-0.05, 0) is 60.0 Å². The fourth-order valence-corrected chi connectivity index (χ4v) is 4.79. The molecular formula is C31H31NO4.